The van der Waals surface area contributed by atoms with Crippen molar-refractivity contribution in [2.45, 2.75) is 0 Å². The molecule has 0 aliphatic carbocycles. The number of amides is 2. The summed E-state index contributed by atoms with van der Waals surface area (Å²) in [6.45, 7) is 1.45. The third-order valence-electron chi connectivity index (χ3n) is 2.99. The Morgan fingerprint density at radius 2 is 2.05 bits per heavy atom. The molecule has 102 valence electrons. The Morgan fingerprint density at radius 3 is 2.79 bits per heavy atom. The van der Waals surface area contributed by atoms with Crippen molar-refractivity contribution in [3.63, 3.8) is 0 Å². The monoisotopic (exact) mass is 260 g/mol. The van der Waals surface area contributed by atoms with Gasteiger partial charge in [0.25, 0.3) is 0 Å². The zero-order chi connectivity index (χ0) is 13.8. The van der Waals surface area contributed by atoms with E-state index in [1.165, 1.54) is 0 Å². The van der Waals surface area contributed by atoms with Crippen LogP contribution in [-0.2, 0) is 7.05 Å². The van der Waals surface area contributed by atoms with Gasteiger partial charge in [-0.1, -0.05) is 18.2 Å². The van der Waals surface area contributed by atoms with Gasteiger partial charge in [-0.05, 0) is 20.2 Å². The predicted molar refractivity (Wildman–Crippen MR) is 78.5 cm³/mol. The highest BCUT2D eigenvalue weighted by Crippen LogP contribution is 2.24. The minimum absolute atomic E-state index is 0.168. The normalized spacial score (nSPS) is 10.9. The largest absolute Gasteiger partial charge is 0.348 e. The summed E-state index contributed by atoms with van der Waals surface area (Å²) in [5, 5.41) is 6.77. The van der Waals surface area contributed by atoms with Crippen molar-refractivity contribution in [3.05, 3.63) is 30.5 Å². The third-order valence-corrected chi connectivity index (χ3v) is 2.99. The quantitative estimate of drug-likeness (QED) is 0.881. The van der Waals surface area contributed by atoms with Crippen molar-refractivity contribution in [2.75, 3.05) is 32.5 Å². The molecule has 1 aromatic carbocycles. The molecule has 19 heavy (non-hydrogen) atoms. The van der Waals surface area contributed by atoms with Gasteiger partial charge in [0.15, 0.2) is 0 Å². The van der Waals surface area contributed by atoms with Gasteiger partial charge in [-0.2, -0.15) is 0 Å². The van der Waals surface area contributed by atoms with Crippen LogP contribution in [0.25, 0.3) is 10.9 Å². The Hall–Kier alpha value is -2.01. The summed E-state index contributed by atoms with van der Waals surface area (Å²) >= 11 is 0. The molecule has 2 N–H and O–H groups in total. The molecule has 2 rings (SSSR count). The lowest BCUT2D eigenvalue weighted by Gasteiger charge is -2.10. The second-order valence-electron chi connectivity index (χ2n) is 4.86. The first-order valence-corrected chi connectivity index (χ1v) is 6.31. The van der Waals surface area contributed by atoms with Crippen molar-refractivity contribution in [1.29, 1.82) is 0 Å². The van der Waals surface area contributed by atoms with E-state index in [4.69, 9.17) is 0 Å². The maximum atomic E-state index is 11.8. The van der Waals surface area contributed by atoms with Gasteiger partial charge in [-0.3, -0.25) is 0 Å². The molecule has 0 fully saturated rings. The van der Waals surface area contributed by atoms with E-state index in [1.54, 1.807) is 0 Å². The van der Waals surface area contributed by atoms with E-state index in [9.17, 15) is 4.79 Å². The number of nitrogens with one attached hydrogen (secondary N) is 2. The highest BCUT2D eigenvalue weighted by Gasteiger charge is 2.08. The van der Waals surface area contributed by atoms with E-state index in [-0.39, 0.29) is 6.03 Å². The molecule has 0 atom stereocenters. The van der Waals surface area contributed by atoms with Gasteiger partial charge in [0.05, 0.1) is 5.69 Å². The standard InChI is InChI=1S/C14H20N4O/c1-17(2)9-8-15-14(19)16-12-10-18(3)13-7-5-4-6-11(12)13/h4-7,10H,8-9H2,1-3H3,(H2,15,16,19). The van der Waals surface area contributed by atoms with Crippen LogP contribution in [0, 0.1) is 0 Å². The molecule has 0 spiro atoms. The lowest BCUT2D eigenvalue weighted by Crippen LogP contribution is -2.34. The van der Waals surface area contributed by atoms with E-state index in [0.717, 1.165) is 23.1 Å². The number of urea groups is 1. The smallest absolute Gasteiger partial charge is 0.319 e. The van der Waals surface area contributed by atoms with Crippen LogP contribution in [0.5, 0.6) is 0 Å². The van der Waals surface area contributed by atoms with Crippen LogP contribution in [0.1, 0.15) is 0 Å². The fourth-order valence-electron chi connectivity index (χ4n) is 2.00. The van der Waals surface area contributed by atoms with Gasteiger partial charge < -0.3 is 20.1 Å². The topological polar surface area (TPSA) is 49.3 Å². The maximum absolute atomic E-state index is 11.8. The van der Waals surface area contributed by atoms with Crippen molar-refractivity contribution in [1.82, 2.24) is 14.8 Å². The van der Waals surface area contributed by atoms with Gasteiger partial charge in [0.2, 0.25) is 0 Å². The fourth-order valence-corrected chi connectivity index (χ4v) is 2.00. The highest BCUT2D eigenvalue weighted by atomic mass is 16.2. The Kier molecular flexibility index (Phi) is 4.06. The highest BCUT2D eigenvalue weighted by molar-refractivity contribution is 6.01. The zero-order valence-electron chi connectivity index (χ0n) is 11.6. The summed E-state index contributed by atoms with van der Waals surface area (Å²) in [5.41, 5.74) is 1.94. The molecule has 0 radical (unpaired) electrons. The van der Waals surface area contributed by atoms with Crippen LogP contribution < -0.4 is 10.6 Å². The predicted octanol–water partition coefficient (Wildman–Crippen LogP) is 1.86. The number of hydrogen-bond donors (Lipinski definition) is 2. The number of aromatic nitrogens is 1. The van der Waals surface area contributed by atoms with Gasteiger partial charge in [0.1, 0.15) is 0 Å². The minimum atomic E-state index is -0.168. The number of anilines is 1. The number of hydrogen-bond acceptors (Lipinski definition) is 2. The zero-order valence-corrected chi connectivity index (χ0v) is 11.6. The second-order valence-corrected chi connectivity index (χ2v) is 4.86. The summed E-state index contributed by atoms with van der Waals surface area (Å²) in [6, 6.07) is 7.83. The summed E-state index contributed by atoms with van der Waals surface area (Å²) in [6.07, 6.45) is 1.93. The number of benzene rings is 1. The van der Waals surface area contributed by atoms with Gasteiger partial charge in [0, 0.05) is 37.2 Å². The number of likely N-dealkylation sites (N-methyl/N-ethyl adjacent to an activating group) is 1. The molecule has 0 saturated heterocycles. The number of rotatable bonds is 4. The Morgan fingerprint density at radius 1 is 1.32 bits per heavy atom. The molecule has 5 heteroatoms. The molecule has 0 saturated carbocycles. The third kappa shape index (κ3) is 3.26. The van der Waals surface area contributed by atoms with Crippen molar-refractivity contribution in [2.24, 2.45) is 7.05 Å². The van der Waals surface area contributed by atoms with Gasteiger partial charge >= 0.3 is 6.03 Å². The average molecular weight is 260 g/mol. The molecule has 2 amide bonds. The summed E-state index contributed by atoms with van der Waals surface area (Å²) in [5.74, 6) is 0. The van der Waals surface area contributed by atoms with E-state index >= 15 is 0 Å². The second kappa shape index (κ2) is 5.75. The first-order valence-electron chi connectivity index (χ1n) is 6.31. The molecule has 5 nitrogen and oxygen atoms in total. The Labute approximate surface area is 113 Å². The molecule has 2 aromatic rings. The Bertz CT molecular complexity index is 574. The van der Waals surface area contributed by atoms with Crippen LogP contribution in [0.4, 0.5) is 10.5 Å². The number of carbonyl (C=O) groups excluding carboxylic acids is 1. The van der Waals surface area contributed by atoms with Crippen molar-refractivity contribution >= 4 is 22.6 Å². The molecule has 0 bridgehead atoms. The van der Waals surface area contributed by atoms with E-state index in [0.29, 0.717) is 6.54 Å². The van der Waals surface area contributed by atoms with Crippen molar-refractivity contribution < 1.29 is 4.79 Å². The summed E-state index contributed by atoms with van der Waals surface area (Å²) < 4.78 is 2.00. The fraction of sp³-hybridized carbons (Fsp3) is 0.357. The van der Waals surface area contributed by atoms with Crippen LogP contribution in [0.3, 0.4) is 0 Å². The van der Waals surface area contributed by atoms with E-state index in [2.05, 4.69) is 10.6 Å². The molecular formula is C14H20N4O. The Balaban J connectivity index is 2.03. The van der Waals surface area contributed by atoms with Gasteiger partial charge in [-0.25, -0.2) is 4.79 Å². The SMILES string of the molecule is CN(C)CCNC(=O)Nc1cn(C)c2ccccc12. The van der Waals surface area contributed by atoms with Crippen molar-refractivity contribution in [3.8, 4) is 0 Å². The van der Waals surface area contributed by atoms with Crippen LogP contribution in [-0.4, -0.2) is 42.7 Å². The summed E-state index contributed by atoms with van der Waals surface area (Å²) in [4.78, 5) is 13.8. The number of carbonyl (C=O) groups is 1. The van der Waals surface area contributed by atoms with E-state index in [1.807, 2.05) is 61.1 Å². The molecule has 0 aliphatic heterocycles. The molecule has 0 aliphatic rings. The molecular weight excluding hydrogens is 240 g/mol. The number of fused-ring (bicyclic) bond motifs is 1. The molecule has 1 aromatic heterocycles. The van der Waals surface area contributed by atoms with Crippen LogP contribution in [0.2, 0.25) is 0 Å². The molecule has 1 heterocycles. The first-order chi connectivity index (χ1) is 9.08. The minimum Gasteiger partial charge on any atom is -0.348 e. The van der Waals surface area contributed by atoms with E-state index < -0.39 is 0 Å². The number of aryl methyl sites for hydroxylation is 1. The lowest BCUT2D eigenvalue weighted by molar-refractivity contribution is 0.250. The lowest BCUT2D eigenvalue weighted by atomic mass is 10.2. The number of para-hydroxylation sites is 1. The number of nitrogens with zero attached hydrogens (tertiary/aromatic N) is 2. The summed E-state index contributed by atoms with van der Waals surface area (Å²) in [7, 11) is 5.92. The van der Waals surface area contributed by atoms with Crippen LogP contribution in [0.15, 0.2) is 30.5 Å². The van der Waals surface area contributed by atoms with Gasteiger partial charge in [-0.15, -0.1) is 0 Å². The maximum Gasteiger partial charge on any atom is 0.319 e. The first kappa shape index (κ1) is 13.4. The average Bonchev–Trinajstić information content (AvgIpc) is 2.66. The van der Waals surface area contributed by atoms with Crippen LogP contribution >= 0.6 is 0 Å². The molecule has 0 unspecified atom stereocenters.